The van der Waals surface area contributed by atoms with Gasteiger partial charge in [0.2, 0.25) is 0 Å². The van der Waals surface area contributed by atoms with Crippen molar-refractivity contribution in [3.05, 3.63) is 54.4 Å². The first-order valence-electron chi connectivity index (χ1n) is 8.35. The Kier molecular flexibility index (Phi) is 10.8. The quantitative estimate of drug-likeness (QED) is 0.537. The van der Waals surface area contributed by atoms with Crippen molar-refractivity contribution in [2.24, 2.45) is 0 Å². The molecule has 3 rings (SSSR count). The number of aromatic nitrogens is 2. The standard InChI is InChI=1S/C20H19N3O4.ClH.2H2O/c1-3-27-18-12-15-16(22-13-4-6-14(26-2)7-5-13)10-11-21-20(15)23-17(18)8-9-19(24)25;;;/h4-12H,3H2,1-2H3,(H,24,25)(H,21,22,23);1H;2*1H2. The van der Waals surface area contributed by atoms with E-state index in [4.69, 9.17) is 14.6 Å². The van der Waals surface area contributed by atoms with Gasteiger partial charge in [0.25, 0.3) is 0 Å². The molecule has 0 unspecified atom stereocenters. The van der Waals surface area contributed by atoms with Crippen LogP contribution in [0.25, 0.3) is 17.1 Å². The van der Waals surface area contributed by atoms with E-state index in [0.717, 1.165) is 28.6 Å². The third-order valence-electron chi connectivity index (χ3n) is 3.78. The number of methoxy groups -OCH3 is 1. The third-order valence-corrected chi connectivity index (χ3v) is 3.78. The van der Waals surface area contributed by atoms with Crippen LogP contribution in [-0.4, -0.2) is 45.7 Å². The lowest BCUT2D eigenvalue weighted by Gasteiger charge is -2.12. The number of ether oxygens (including phenoxy) is 2. The van der Waals surface area contributed by atoms with Crippen LogP contribution in [0.15, 0.2) is 48.7 Å². The summed E-state index contributed by atoms with van der Waals surface area (Å²) in [7, 11) is 1.62. The highest BCUT2D eigenvalue weighted by Crippen LogP contribution is 2.30. The molecule has 9 nitrogen and oxygen atoms in total. The average molecular weight is 438 g/mol. The monoisotopic (exact) mass is 437 g/mol. The minimum absolute atomic E-state index is 0. The van der Waals surface area contributed by atoms with Gasteiger partial charge in [-0.1, -0.05) is 0 Å². The van der Waals surface area contributed by atoms with E-state index in [1.165, 1.54) is 6.08 Å². The third kappa shape index (κ3) is 6.31. The Morgan fingerprint density at radius 2 is 1.90 bits per heavy atom. The van der Waals surface area contributed by atoms with Gasteiger partial charge in [0.15, 0.2) is 5.65 Å². The van der Waals surface area contributed by atoms with Crippen LogP contribution in [0.3, 0.4) is 0 Å². The van der Waals surface area contributed by atoms with Gasteiger partial charge in [-0.25, -0.2) is 14.8 Å². The molecule has 0 radical (unpaired) electrons. The van der Waals surface area contributed by atoms with Gasteiger partial charge in [0.1, 0.15) is 17.2 Å². The first-order valence-corrected chi connectivity index (χ1v) is 8.35. The van der Waals surface area contributed by atoms with Crippen LogP contribution in [0.5, 0.6) is 11.5 Å². The topological polar surface area (TPSA) is 157 Å². The van der Waals surface area contributed by atoms with Crippen molar-refractivity contribution >= 4 is 46.9 Å². The van der Waals surface area contributed by atoms with Crippen molar-refractivity contribution in [3.8, 4) is 11.5 Å². The van der Waals surface area contributed by atoms with Crippen molar-refractivity contribution in [2.75, 3.05) is 19.0 Å². The lowest BCUT2D eigenvalue weighted by molar-refractivity contribution is -0.131. The number of anilines is 2. The Hall–Kier alpha value is -3.40. The van der Waals surface area contributed by atoms with Crippen LogP contribution < -0.4 is 14.8 Å². The van der Waals surface area contributed by atoms with E-state index in [0.29, 0.717) is 23.7 Å². The fourth-order valence-electron chi connectivity index (χ4n) is 2.55. The Morgan fingerprint density at radius 3 is 2.50 bits per heavy atom. The number of benzene rings is 1. The van der Waals surface area contributed by atoms with Crippen molar-refractivity contribution < 1.29 is 30.3 Å². The Morgan fingerprint density at radius 1 is 1.20 bits per heavy atom. The predicted molar refractivity (Wildman–Crippen MR) is 118 cm³/mol. The fraction of sp³-hybridized carbons (Fsp3) is 0.150. The smallest absolute Gasteiger partial charge is 0.328 e. The number of nitrogens with one attached hydrogen (secondary N) is 1. The summed E-state index contributed by atoms with van der Waals surface area (Å²) in [6.07, 6.45) is 4.07. The first-order chi connectivity index (χ1) is 13.1. The minimum atomic E-state index is -1.05. The maximum Gasteiger partial charge on any atom is 0.328 e. The average Bonchev–Trinajstić information content (AvgIpc) is 2.67. The van der Waals surface area contributed by atoms with Crippen LogP contribution >= 0.6 is 12.4 Å². The van der Waals surface area contributed by atoms with Crippen molar-refractivity contribution in [1.29, 1.82) is 0 Å². The minimum Gasteiger partial charge on any atom is -0.497 e. The molecule has 0 bridgehead atoms. The van der Waals surface area contributed by atoms with Crippen LogP contribution in [0, 0.1) is 0 Å². The number of hydrogen-bond donors (Lipinski definition) is 2. The van der Waals surface area contributed by atoms with Gasteiger partial charge in [-0.2, -0.15) is 0 Å². The molecule has 0 aliphatic rings. The molecule has 0 atom stereocenters. The van der Waals surface area contributed by atoms with E-state index in [1.54, 1.807) is 13.3 Å². The van der Waals surface area contributed by atoms with Crippen molar-refractivity contribution in [2.45, 2.75) is 6.92 Å². The number of aliphatic carboxylic acids is 1. The number of nitrogens with zero attached hydrogens (tertiary/aromatic N) is 2. The van der Waals surface area contributed by atoms with Gasteiger partial charge >= 0.3 is 5.97 Å². The molecular formula is C20H24ClN3O6. The lowest BCUT2D eigenvalue weighted by atomic mass is 10.2. The molecule has 0 saturated carbocycles. The largest absolute Gasteiger partial charge is 0.497 e. The summed E-state index contributed by atoms with van der Waals surface area (Å²) in [6, 6.07) is 11.2. The molecule has 30 heavy (non-hydrogen) atoms. The highest BCUT2D eigenvalue weighted by molar-refractivity contribution is 5.93. The van der Waals surface area contributed by atoms with Crippen LogP contribution in [-0.2, 0) is 4.79 Å². The number of rotatable bonds is 7. The number of carboxylic acid groups (broad SMARTS) is 1. The molecule has 0 fully saturated rings. The van der Waals surface area contributed by atoms with Gasteiger partial charge in [-0.05, 0) is 49.4 Å². The predicted octanol–water partition coefficient (Wildman–Crippen LogP) is 2.65. The zero-order valence-electron chi connectivity index (χ0n) is 16.4. The van der Waals surface area contributed by atoms with Gasteiger partial charge in [-0.3, -0.25) is 0 Å². The second-order valence-corrected chi connectivity index (χ2v) is 5.56. The molecule has 0 aliphatic carbocycles. The zero-order chi connectivity index (χ0) is 19.2. The summed E-state index contributed by atoms with van der Waals surface area (Å²) in [5, 5.41) is 13.0. The van der Waals surface area contributed by atoms with Crippen LogP contribution in [0.1, 0.15) is 12.6 Å². The summed E-state index contributed by atoms with van der Waals surface area (Å²) < 4.78 is 10.8. The molecule has 10 heteroatoms. The highest BCUT2D eigenvalue weighted by atomic mass is 35.5. The normalized spacial score (nSPS) is 9.80. The summed E-state index contributed by atoms with van der Waals surface area (Å²) in [5.41, 5.74) is 2.60. The Labute approximate surface area is 179 Å². The molecule has 2 aromatic heterocycles. The second-order valence-electron chi connectivity index (χ2n) is 5.56. The lowest BCUT2D eigenvalue weighted by Crippen LogP contribution is -2.00. The van der Waals surface area contributed by atoms with Crippen molar-refractivity contribution in [1.82, 2.24) is 9.97 Å². The van der Waals surface area contributed by atoms with E-state index in [-0.39, 0.29) is 23.4 Å². The maximum atomic E-state index is 10.8. The van der Waals surface area contributed by atoms with E-state index in [1.807, 2.05) is 43.3 Å². The summed E-state index contributed by atoms with van der Waals surface area (Å²) in [4.78, 5) is 19.6. The summed E-state index contributed by atoms with van der Waals surface area (Å²) in [6.45, 7) is 2.29. The number of hydrogen-bond acceptors (Lipinski definition) is 6. The molecule has 3 aromatic rings. The molecule has 0 spiro atoms. The molecule has 6 N–H and O–H groups in total. The number of fused-ring (bicyclic) bond motifs is 1. The van der Waals surface area contributed by atoms with E-state index in [2.05, 4.69) is 15.3 Å². The molecule has 0 amide bonds. The fourth-order valence-corrected chi connectivity index (χ4v) is 2.55. The zero-order valence-corrected chi connectivity index (χ0v) is 17.2. The second kappa shape index (κ2) is 12.2. The molecule has 2 heterocycles. The molecular weight excluding hydrogens is 414 g/mol. The summed E-state index contributed by atoms with van der Waals surface area (Å²) >= 11 is 0. The molecule has 162 valence electrons. The van der Waals surface area contributed by atoms with Gasteiger partial charge in [-0.15, -0.1) is 12.4 Å². The SMILES string of the molecule is CCOc1cc2c(Nc3ccc(OC)cc3)ccnc2nc1C=CC(=O)O.Cl.O.O. The van der Waals surface area contributed by atoms with E-state index >= 15 is 0 Å². The van der Waals surface area contributed by atoms with Crippen LogP contribution in [0.4, 0.5) is 11.4 Å². The van der Waals surface area contributed by atoms with E-state index in [9.17, 15) is 4.79 Å². The maximum absolute atomic E-state index is 10.8. The Bertz CT molecular complexity index is 996. The van der Waals surface area contributed by atoms with Gasteiger partial charge < -0.3 is 30.8 Å². The molecule has 0 aliphatic heterocycles. The molecule has 0 saturated heterocycles. The highest BCUT2D eigenvalue weighted by Gasteiger charge is 2.11. The number of halogens is 1. The van der Waals surface area contributed by atoms with Crippen LogP contribution in [0.2, 0.25) is 0 Å². The number of carboxylic acids is 1. The first kappa shape index (κ1) is 26.6. The summed E-state index contributed by atoms with van der Waals surface area (Å²) in [5.74, 6) is 0.214. The number of pyridine rings is 2. The van der Waals surface area contributed by atoms with Gasteiger partial charge in [0.05, 0.1) is 19.4 Å². The van der Waals surface area contributed by atoms with Crippen molar-refractivity contribution in [3.63, 3.8) is 0 Å². The molecule has 1 aromatic carbocycles. The van der Waals surface area contributed by atoms with E-state index < -0.39 is 5.97 Å². The Balaban J connectivity index is 0.00000280. The number of carbonyl (C=O) groups is 1. The van der Waals surface area contributed by atoms with Gasteiger partial charge in [0, 0.05) is 23.3 Å².